The van der Waals surface area contributed by atoms with Crippen LogP contribution in [0.15, 0.2) is 45.6 Å². The first-order chi connectivity index (χ1) is 12.4. The van der Waals surface area contributed by atoms with Gasteiger partial charge in [0.15, 0.2) is 0 Å². The first kappa shape index (κ1) is 22.3. The second kappa shape index (κ2) is 9.27. The Labute approximate surface area is 160 Å². The summed E-state index contributed by atoms with van der Waals surface area (Å²) in [6.45, 7) is 10.1. The minimum atomic E-state index is -2.74. The van der Waals surface area contributed by atoms with Gasteiger partial charge in [-0.1, -0.05) is 58.0 Å². The minimum absolute atomic E-state index is 0.0170. The summed E-state index contributed by atoms with van der Waals surface area (Å²) in [6.07, 6.45) is -1.34. The summed E-state index contributed by atoms with van der Waals surface area (Å²) in [4.78, 5) is 23.6. The number of rotatable bonds is 3. The molecule has 1 heterocycles. The fraction of sp³-hybridized carbons (Fsp3) is 0.368. The number of aryl methyl sites for hydroxylation is 1. The van der Waals surface area contributed by atoms with Crippen molar-refractivity contribution in [2.24, 2.45) is 9.78 Å². The van der Waals surface area contributed by atoms with Gasteiger partial charge in [-0.05, 0) is 24.0 Å². The Morgan fingerprint density at radius 2 is 1.67 bits per heavy atom. The Balaban J connectivity index is 0.000000646. The van der Waals surface area contributed by atoms with E-state index in [1.54, 1.807) is 30.3 Å². The molecule has 1 aromatic carbocycles. The topological polar surface area (TPSA) is 106 Å². The molecule has 0 radical (unpaired) electrons. The van der Waals surface area contributed by atoms with Gasteiger partial charge >= 0.3 is 16.6 Å². The van der Waals surface area contributed by atoms with Crippen LogP contribution in [0.1, 0.15) is 44.5 Å². The van der Waals surface area contributed by atoms with Gasteiger partial charge in [-0.25, -0.2) is 9.36 Å². The van der Waals surface area contributed by atoms with Crippen LogP contribution in [-0.2, 0) is 16.9 Å². The number of pyridine rings is 1. The molecule has 0 unspecified atom stereocenters. The average Bonchev–Trinajstić information content (AvgIpc) is 2.49. The lowest BCUT2D eigenvalue weighted by Crippen LogP contribution is -2.30. The van der Waals surface area contributed by atoms with Crippen molar-refractivity contribution in [1.29, 1.82) is 0 Å². The number of hydrogen-bond acceptors (Lipinski definition) is 5. The maximum atomic E-state index is 12.4. The molecule has 0 aliphatic carbocycles. The van der Waals surface area contributed by atoms with Gasteiger partial charge in [0.1, 0.15) is 0 Å². The molecule has 1 N–H and O–H groups in total. The Kier molecular flexibility index (Phi) is 7.66. The Morgan fingerprint density at radius 1 is 1.15 bits per heavy atom. The summed E-state index contributed by atoms with van der Waals surface area (Å²) in [6, 6.07) is 10.1. The lowest BCUT2D eigenvalue weighted by molar-refractivity contribution is 0.194. The van der Waals surface area contributed by atoms with E-state index in [0.717, 1.165) is 5.56 Å². The molecule has 8 heteroatoms. The standard InChI is InChI=1S/C14H12N2O5S.C5H12/c1-9-7-12(15-22(20)21)11(13(17)16(9)14(18)19)8-10-5-3-2-4-6-10;1-5(2,3)4/h2-7H,8H2,1H3,(H,18,19);1-4H3. The summed E-state index contributed by atoms with van der Waals surface area (Å²) in [5.74, 6) is 0. The highest BCUT2D eigenvalue weighted by molar-refractivity contribution is 7.61. The normalized spacial score (nSPS) is 10.6. The number of carboxylic acid groups (broad SMARTS) is 1. The van der Waals surface area contributed by atoms with Crippen molar-refractivity contribution >= 4 is 22.3 Å². The molecule has 0 saturated carbocycles. The lowest BCUT2D eigenvalue weighted by atomic mass is 10.0. The summed E-state index contributed by atoms with van der Waals surface area (Å²) in [7, 11) is -2.74. The zero-order chi connectivity index (χ0) is 20.8. The van der Waals surface area contributed by atoms with Crippen LogP contribution in [0.3, 0.4) is 0 Å². The maximum absolute atomic E-state index is 12.4. The Hall–Kier alpha value is -2.74. The number of benzene rings is 1. The van der Waals surface area contributed by atoms with Crippen molar-refractivity contribution in [3.8, 4) is 0 Å². The fourth-order valence-electron chi connectivity index (χ4n) is 2.12. The maximum Gasteiger partial charge on any atom is 0.418 e. The Bertz CT molecular complexity index is 987. The van der Waals surface area contributed by atoms with Gasteiger partial charge in [-0.2, -0.15) is 8.42 Å². The highest BCUT2D eigenvalue weighted by Gasteiger charge is 2.17. The predicted molar refractivity (Wildman–Crippen MR) is 104 cm³/mol. The minimum Gasteiger partial charge on any atom is -0.464 e. The third kappa shape index (κ3) is 7.57. The predicted octanol–water partition coefficient (Wildman–Crippen LogP) is 4.02. The van der Waals surface area contributed by atoms with E-state index in [1.165, 1.54) is 13.0 Å². The van der Waals surface area contributed by atoms with Gasteiger partial charge in [-0.15, -0.1) is 4.36 Å². The summed E-state index contributed by atoms with van der Waals surface area (Å²) in [5.41, 5.74) is 0.521. The molecule has 27 heavy (non-hydrogen) atoms. The lowest BCUT2D eigenvalue weighted by Gasteiger charge is -2.10. The third-order valence-corrected chi connectivity index (χ3v) is 3.40. The van der Waals surface area contributed by atoms with Crippen LogP contribution < -0.4 is 5.56 Å². The highest BCUT2D eigenvalue weighted by Crippen LogP contribution is 2.20. The molecule has 0 spiro atoms. The first-order valence-electron chi connectivity index (χ1n) is 8.24. The summed E-state index contributed by atoms with van der Waals surface area (Å²) < 4.78 is 25.6. The monoisotopic (exact) mass is 392 g/mol. The van der Waals surface area contributed by atoms with Crippen LogP contribution in [0.4, 0.5) is 10.5 Å². The third-order valence-electron chi connectivity index (χ3n) is 3.06. The molecule has 0 amide bonds. The zero-order valence-electron chi connectivity index (χ0n) is 16.1. The summed E-state index contributed by atoms with van der Waals surface area (Å²) in [5, 5.41) is 9.12. The van der Waals surface area contributed by atoms with Gasteiger partial charge in [0.2, 0.25) is 0 Å². The van der Waals surface area contributed by atoms with E-state index in [4.69, 9.17) is 5.11 Å². The largest absolute Gasteiger partial charge is 0.464 e. The van der Waals surface area contributed by atoms with Crippen LogP contribution in [0.2, 0.25) is 0 Å². The van der Waals surface area contributed by atoms with E-state index in [-0.39, 0.29) is 23.4 Å². The zero-order valence-corrected chi connectivity index (χ0v) is 16.9. The van der Waals surface area contributed by atoms with Crippen molar-refractivity contribution in [1.82, 2.24) is 4.57 Å². The average molecular weight is 392 g/mol. The fourth-order valence-corrected chi connectivity index (χ4v) is 2.44. The Morgan fingerprint density at radius 3 is 2.11 bits per heavy atom. The second-order valence-electron chi connectivity index (χ2n) is 7.54. The molecule has 2 rings (SSSR count). The molecule has 0 fully saturated rings. The highest BCUT2D eigenvalue weighted by atomic mass is 32.2. The first-order valence-corrected chi connectivity index (χ1v) is 9.27. The molecule has 0 aliphatic heterocycles. The van der Waals surface area contributed by atoms with Gasteiger partial charge in [0.05, 0.1) is 5.69 Å². The molecule has 2 aromatic rings. The van der Waals surface area contributed by atoms with Crippen LogP contribution in [0, 0.1) is 12.3 Å². The summed E-state index contributed by atoms with van der Waals surface area (Å²) >= 11 is 0. The van der Waals surface area contributed by atoms with E-state index in [1.807, 2.05) is 0 Å². The quantitative estimate of drug-likeness (QED) is 0.849. The molecule has 0 bridgehead atoms. The number of hydrogen-bond donors (Lipinski definition) is 1. The number of aromatic nitrogens is 1. The molecular formula is C19H24N2O5S. The van der Waals surface area contributed by atoms with Crippen molar-refractivity contribution < 1.29 is 18.3 Å². The van der Waals surface area contributed by atoms with Crippen LogP contribution >= 0.6 is 0 Å². The molecule has 0 saturated heterocycles. The van der Waals surface area contributed by atoms with Crippen molar-refractivity contribution in [3.63, 3.8) is 0 Å². The van der Waals surface area contributed by atoms with Gasteiger partial charge in [0, 0.05) is 17.7 Å². The van der Waals surface area contributed by atoms with Gasteiger partial charge in [0.25, 0.3) is 5.56 Å². The smallest absolute Gasteiger partial charge is 0.418 e. The van der Waals surface area contributed by atoms with E-state index < -0.39 is 22.2 Å². The van der Waals surface area contributed by atoms with Crippen LogP contribution in [0.25, 0.3) is 0 Å². The number of nitrogens with zero attached hydrogens (tertiary/aromatic N) is 2. The van der Waals surface area contributed by atoms with E-state index in [0.29, 0.717) is 9.98 Å². The van der Waals surface area contributed by atoms with Crippen LogP contribution in [0.5, 0.6) is 0 Å². The molecule has 146 valence electrons. The van der Waals surface area contributed by atoms with Gasteiger partial charge in [-0.3, -0.25) is 4.79 Å². The molecule has 1 aromatic heterocycles. The molecule has 0 aliphatic rings. The van der Waals surface area contributed by atoms with Crippen molar-refractivity contribution in [3.05, 3.63) is 63.6 Å². The molecule has 0 atom stereocenters. The van der Waals surface area contributed by atoms with E-state index in [9.17, 15) is 18.0 Å². The van der Waals surface area contributed by atoms with Gasteiger partial charge < -0.3 is 5.11 Å². The SMILES string of the molecule is CC(C)(C)C.Cc1cc(N=S(=O)=O)c(Cc2ccccc2)c(=O)n1C(=O)O. The molecule has 7 nitrogen and oxygen atoms in total. The van der Waals surface area contributed by atoms with E-state index in [2.05, 4.69) is 32.1 Å². The molecular weight excluding hydrogens is 368 g/mol. The van der Waals surface area contributed by atoms with Crippen LogP contribution in [-0.4, -0.2) is 24.2 Å². The van der Waals surface area contributed by atoms with Crippen molar-refractivity contribution in [2.75, 3.05) is 0 Å². The number of carbonyl (C=O) groups is 1. The van der Waals surface area contributed by atoms with E-state index >= 15 is 0 Å². The van der Waals surface area contributed by atoms with Crippen molar-refractivity contribution in [2.45, 2.75) is 41.0 Å². The second-order valence-corrected chi connectivity index (χ2v) is 8.16.